The molecule has 3 rings (SSSR count). The normalized spacial score (nSPS) is 15.6. The molecule has 0 bridgehead atoms. The van der Waals surface area contributed by atoms with Crippen LogP contribution in [0.15, 0.2) is 40.1 Å². The number of benzene rings is 1. The van der Waals surface area contributed by atoms with Crippen molar-refractivity contribution in [1.82, 2.24) is 15.2 Å². The van der Waals surface area contributed by atoms with Crippen LogP contribution < -0.4 is 16.2 Å². The highest BCUT2D eigenvalue weighted by atomic mass is 79.9. The van der Waals surface area contributed by atoms with Gasteiger partial charge in [-0.3, -0.25) is 14.4 Å². The molecular weight excluding hydrogens is 460 g/mol. The summed E-state index contributed by atoms with van der Waals surface area (Å²) in [6.45, 7) is 10.5. The van der Waals surface area contributed by atoms with Crippen LogP contribution in [0, 0.1) is 20.8 Å². The van der Waals surface area contributed by atoms with E-state index in [4.69, 9.17) is 0 Å². The van der Waals surface area contributed by atoms with Gasteiger partial charge in [-0.1, -0.05) is 22.5 Å². The summed E-state index contributed by atoms with van der Waals surface area (Å²) >= 11 is 3.49. The van der Waals surface area contributed by atoms with Crippen LogP contribution in [0.4, 0.5) is 5.69 Å². The molecule has 8 heteroatoms. The number of nitrogens with one attached hydrogen (secondary N) is 3. The molecule has 31 heavy (non-hydrogen) atoms. The fraction of sp³-hybridized carbons (Fsp3) is 0.348. The van der Waals surface area contributed by atoms with E-state index in [0.29, 0.717) is 24.2 Å². The van der Waals surface area contributed by atoms with Gasteiger partial charge in [0, 0.05) is 52.7 Å². The zero-order valence-electron chi connectivity index (χ0n) is 18.0. The molecule has 1 unspecified atom stereocenters. The maximum atomic E-state index is 12.9. The number of hydrogen-bond acceptors (Lipinski definition) is 4. The second-order valence-electron chi connectivity index (χ2n) is 7.87. The molecule has 1 saturated heterocycles. The van der Waals surface area contributed by atoms with Gasteiger partial charge in [0.1, 0.15) is 0 Å². The number of amides is 2. The maximum absolute atomic E-state index is 12.9. The lowest BCUT2D eigenvalue weighted by atomic mass is 10.0. The van der Waals surface area contributed by atoms with Crippen molar-refractivity contribution in [2.75, 3.05) is 18.4 Å². The highest BCUT2D eigenvalue weighted by molar-refractivity contribution is 9.10. The highest BCUT2D eigenvalue weighted by Gasteiger charge is 2.25. The number of carbonyl (C=O) groups excluding carboxylic acids is 2. The van der Waals surface area contributed by atoms with Gasteiger partial charge in [0.15, 0.2) is 0 Å². The summed E-state index contributed by atoms with van der Waals surface area (Å²) in [6, 6.07) is 5.68. The topological polar surface area (TPSA) is 94.3 Å². The minimum atomic E-state index is -0.254. The average Bonchev–Trinajstić information content (AvgIpc) is 3.17. The molecule has 1 atom stereocenters. The molecule has 0 saturated carbocycles. The van der Waals surface area contributed by atoms with Crippen molar-refractivity contribution in [2.45, 2.75) is 39.8 Å². The molecule has 1 aromatic heterocycles. The monoisotopic (exact) mass is 486 g/mol. The zero-order chi connectivity index (χ0) is 22.7. The van der Waals surface area contributed by atoms with Crippen molar-refractivity contribution < 1.29 is 9.59 Å². The first kappa shape index (κ1) is 22.8. The zero-order valence-corrected chi connectivity index (χ0v) is 19.6. The van der Waals surface area contributed by atoms with E-state index in [9.17, 15) is 14.4 Å². The van der Waals surface area contributed by atoms with Crippen molar-refractivity contribution in [2.24, 2.45) is 0 Å². The van der Waals surface area contributed by atoms with Gasteiger partial charge in [-0.25, -0.2) is 0 Å². The van der Waals surface area contributed by atoms with Crippen molar-refractivity contribution >= 4 is 33.4 Å². The van der Waals surface area contributed by atoms with Gasteiger partial charge in [-0.05, 0) is 62.6 Å². The molecule has 1 fully saturated rings. The Morgan fingerprint density at radius 1 is 1.29 bits per heavy atom. The van der Waals surface area contributed by atoms with E-state index in [2.05, 4.69) is 38.1 Å². The third-order valence-corrected chi connectivity index (χ3v) is 6.03. The van der Waals surface area contributed by atoms with Gasteiger partial charge in [0.2, 0.25) is 5.91 Å². The van der Waals surface area contributed by atoms with Crippen molar-refractivity contribution in [1.29, 1.82) is 0 Å². The van der Waals surface area contributed by atoms with E-state index in [1.54, 1.807) is 11.0 Å². The lowest BCUT2D eigenvalue weighted by Crippen LogP contribution is -2.31. The van der Waals surface area contributed by atoms with Crippen LogP contribution in [0.5, 0.6) is 0 Å². The Morgan fingerprint density at radius 3 is 2.71 bits per heavy atom. The summed E-state index contributed by atoms with van der Waals surface area (Å²) < 4.78 is 0.770. The first-order chi connectivity index (χ1) is 14.7. The Bertz CT molecular complexity index is 1090. The Morgan fingerprint density at radius 2 is 2.03 bits per heavy atom. The van der Waals surface area contributed by atoms with Crippen LogP contribution >= 0.6 is 15.9 Å². The SMILES string of the molecule is C=CC(=O)N1CCC(Nc2cc(Br)cc(C(=O)NCc3c(C)cc(C)[nH]c3=O)c2C)C1. The quantitative estimate of drug-likeness (QED) is 0.546. The molecule has 0 spiro atoms. The minimum absolute atomic E-state index is 0.0725. The third kappa shape index (κ3) is 5.25. The van der Waals surface area contributed by atoms with Gasteiger partial charge >= 0.3 is 0 Å². The van der Waals surface area contributed by atoms with E-state index in [-0.39, 0.29) is 30.0 Å². The predicted molar refractivity (Wildman–Crippen MR) is 125 cm³/mol. The van der Waals surface area contributed by atoms with Crippen molar-refractivity contribution in [3.05, 3.63) is 73.6 Å². The lowest BCUT2D eigenvalue weighted by molar-refractivity contribution is -0.125. The number of nitrogens with zero attached hydrogens (tertiary/aromatic N) is 1. The first-order valence-corrected chi connectivity index (χ1v) is 10.9. The second-order valence-corrected chi connectivity index (χ2v) is 8.79. The van der Waals surface area contributed by atoms with Gasteiger partial charge in [0.05, 0.1) is 0 Å². The maximum Gasteiger partial charge on any atom is 0.253 e. The molecule has 1 aromatic carbocycles. The molecule has 2 amide bonds. The fourth-order valence-electron chi connectivity index (χ4n) is 3.86. The summed E-state index contributed by atoms with van der Waals surface area (Å²) in [7, 11) is 0. The summed E-state index contributed by atoms with van der Waals surface area (Å²) in [5.41, 5.74) is 4.15. The number of hydrogen-bond donors (Lipinski definition) is 3. The molecule has 1 aliphatic heterocycles. The molecule has 0 aliphatic carbocycles. The number of anilines is 1. The fourth-order valence-corrected chi connectivity index (χ4v) is 4.32. The molecule has 1 aliphatic rings. The van der Waals surface area contributed by atoms with Gasteiger partial charge in [0.25, 0.3) is 11.5 Å². The lowest BCUT2D eigenvalue weighted by Gasteiger charge is -2.19. The number of pyridine rings is 1. The molecule has 3 N–H and O–H groups in total. The average molecular weight is 487 g/mol. The van der Waals surface area contributed by atoms with Crippen LogP contribution in [-0.4, -0.2) is 40.8 Å². The van der Waals surface area contributed by atoms with E-state index in [0.717, 1.165) is 33.4 Å². The number of halogens is 1. The van der Waals surface area contributed by atoms with Gasteiger partial charge < -0.3 is 20.5 Å². The predicted octanol–water partition coefficient (Wildman–Crippen LogP) is 3.19. The van der Waals surface area contributed by atoms with Crippen LogP contribution in [-0.2, 0) is 11.3 Å². The number of aromatic amines is 1. The molecule has 7 nitrogen and oxygen atoms in total. The largest absolute Gasteiger partial charge is 0.380 e. The van der Waals surface area contributed by atoms with E-state index < -0.39 is 0 Å². The molecule has 2 aromatic rings. The molecule has 2 heterocycles. The molecule has 164 valence electrons. The Labute approximate surface area is 190 Å². The summed E-state index contributed by atoms with van der Waals surface area (Å²) in [4.78, 5) is 41.5. The van der Waals surface area contributed by atoms with Crippen LogP contribution in [0.2, 0.25) is 0 Å². The minimum Gasteiger partial charge on any atom is -0.380 e. The van der Waals surface area contributed by atoms with Crippen molar-refractivity contribution in [3.8, 4) is 0 Å². The van der Waals surface area contributed by atoms with Gasteiger partial charge in [-0.2, -0.15) is 0 Å². The highest BCUT2D eigenvalue weighted by Crippen LogP contribution is 2.27. The van der Waals surface area contributed by atoms with Gasteiger partial charge in [-0.15, -0.1) is 0 Å². The van der Waals surface area contributed by atoms with Crippen LogP contribution in [0.1, 0.15) is 39.2 Å². The number of aryl methyl sites for hydroxylation is 2. The van der Waals surface area contributed by atoms with Crippen LogP contribution in [0.3, 0.4) is 0 Å². The number of rotatable bonds is 6. The Hall–Kier alpha value is -2.87. The van der Waals surface area contributed by atoms with Crippen LogP contribution in [0.25, 0.3) is 0 Å². The second kappa shape index (κ2) is 9.51. The number of H-pyrrole nitrogens is 1. The summed E-state index contributed by atoms with van der Waals surface area (Å²) in [5.74, 6) is -0.326. The standard InChI is InChI=1S/C23H27BrN4O3/c1-5-21(29)28-7-6-17(12-28)27-20-10-16(24)9-18(15(20)4)22(30)25-11-19-13(2)8-14(3)26-23(19)31/h5,8-10,17,27H,1,6-7,11-12H2,2-4H3,(H,25,30)(H,26,31). The Kier molecular flexibility index (Phi) is 7.00. The third-order valence-electron chi connectivity index (χ3n) is 5.57. The first-order valence-electron chi connectivity index (χ1n) is 10.1. The molecule has 0 radical (unpaired) electrons. The van der Waals surface area contributed by atoms with Crippen molar-refractivity contribution in [3.63, 3.8) is 0 Å². The Balaban J connectivity index is 1.74. The number of aromatic nitrogens is 1. The number of likely N-dealkylation sites (tertiary alicyclic amines) is 1. The van der Waals surface area contributed by atoms with E-state index >= 15 is 0 Å². The smallest absolute Gasteiger partial charge is 0.253 e. The number of carbonyl (C=O) groups is 2. The molecular formula is C23H27BrN4O3. The summed E-state index contributed by atoms with van der Waals surface area (Å²) in [6.07, 6.45) is 2.15. The van der Waals surface area contributed by atoms with E-state index in [1.165, 1.54) is 6.08 Å². The summed E-state index contributed by atoms with van der Waals surface area (Å²) in [5, 5.41) is 6.32. The van der Waals surface area contributed by atoms with E-state index in [1.807, 2.05) is 32.9 Å².